The summed E-state index contributed by atoms with van der Waals surface area (Å²) in [6.45, 7) is 3.33. The second-order valence-corrected chi connectivity index (χ2v) is 7.85. The molecule has 0 aliphatic heterocycles. The van der Waals surface area contributed by atoms with Crippen LogP contribution in [0.3, 0.4) is 0 Å². The van der Waals surface area contributed by atoms with Crippen molar-refractivity contribution < 1.29 is 5.11 Å². The number of phenolic OH excluding ortho intramolecular Hbond substituents is 1. The van der Waals surface area contributed by atoms with E-state index in [1.165, 1.54) is 55.9 Å². The average molecular weight is 309 g/mol. The number of hydrogen-bond acceptors (Lipinski definition) is 2. The molecule has 2 heteroatoms. The van der Waals surface area contributed by atoms with Crippen molar-refractivity contribution in [2.45, 2.75) is 64.0 Å². The van der Waals surface area contributed by atoms with Crippen molar-refractivity contribution in [3.63, 3.8) is 0 Å². The molecule has 2 aromatic carbocycles. The highest BCUT2D eigenvalue weighted by molar-refractivity contribution is 5.84. The number of hydrogen-bond donors (Lipinski definition) is 2. The molecule has 2 bridgehead atoms. The van der Waals surface area contributed by atoms with Gasteiger partial charge in [0.2, 0.25) is 0 Å². The summed E-state index contributed by atoms with van der Waals surface area (Å²) >= 11 is 0. The summed E-state index contributed by atoms with van der Waals surface area (Å²) in [5, 5.41) is 15.8. The Morgan fingerprint density at radius 1 is 0.913 bits per heavy atom. The van der Waals surface area contributed by atoms with Gasteiger partial charge in [0.1, 0.15) is 5.75 Å². The average Bonchev–Trinajstić information content (AvgIpc) is 2.61. The van der Waals surface area contributed by atoms with Crippen LogP contribution in [0.2, 0.25) is 0 Å². The van der Waals surface area contributed by atoms with E-state index in [-0.39, 0.29) is 0 Å². The van der Waals surface area contributed by atoms with Crippen LogP contribution in [-0.4, -0.2) is 10.6 Å². The van der Waals surface area contributed by atoms with Crippen LogP contribution in [0.5, 0.6) is 5.75 Å². The van der Waals surface area contributed by atoms with Crippen LogP contribution >= 0.6 is 0 Å². The molecule has 0 radical (unpaired) electrons. The predicted octanol–water partition coefficient (Wildman–Crippen LogP) is 5.14. The summed E-state index contributed by atoms with van der Waals surface area (Å²) in [6.07, 6.45) is 9.64. The molecule has 0 spiro atoms. The zero-order valence-corrected chi connectivity index (χ0v) is 14.1. The highest BCUT2D eigenvalue weighted by Crippen LogP contribution is 2.54. The maximum atomic E-state index is 9.57. The Morgan fingerprint density at radius 3 is 2.26 bits per heavy atom. The van der Waals surface area contributed by atoms with Crippen LogP contribution in [0.1, 0.15) is 57.4 Å². The monoisotopic (exact) mass is 309 g/mol. The van der Waals surface area contributed by atoms with E-state index in [1.807, 2.05) is 12.1 Å². The molecule has 0 unspecified atom stereocenters. The summed E-state index contributed by atoms with van der Waals surface area (Å²) in [5.74, 6) is 0.339. The second kappa shape index (κ2) is 5.52. The Balaban J connectivity index is 1.46. The summed E-state index contributed by atoms with van der Waals surface area (Å²) in [4.78, 5) is 0. The van der Waals surface area contributed by atoms with Gasteiger partial charge in [0.05, 0.1) is 0 Å². The summed E-state index contributed by atoms with van der Waals surface area (Å²) in [7, 11) is 0. The van der Waals surface area contributed by atoms with Crippen molar-refractivity contribution in [1.82, 2.24) is 5.32 Å². The van der Waals surface area contributed by atoms with Crippen LogP contribution < -0.4 is 5.32 Å². The molecular formula is C21H27NO. The lowest BCUT2D eigenvalue weighted by Gasteiger charge is -2.54. The number of aromatic hydroxyl groups is 1. The molecule has 3 aliphatic carbocycles. The van der Waals surface area contributed by atoms with E-state index in [0.717, 1.165) is 11.9 Å². The standard InChI is InChI=1S/C21H27NO/c1-2-20-7-10-21(11-8-20,12-9-20)22-15-16-3-4-18-14-19(23)6-5-17(18)13-16/h3-6,13-14,22-23H,2,7-12,15H2,1H3. The van der Waals surface area contributed by atoms with E-state index in [0.29, 0.717) is 16.7 Å². The third-order valence-electron chi connectivity index (χ3n) is 6.71. The van der Waals surface area contributed by atoms with Crippen molar-refractivity contribution >= 4 is 10.8 Å². The first-order valence-corrected chi connectivity index (χ1v) is 9.09. The van der Waals surface area contributed by atoms with Crippen LogP contribution in [0.25, 0.3) is 10.8 Å². The first-order valence-electron chi connectivity index (χ1n) is 9.09. The number of nitrogens with one attached hydrogen (secondary N) is 1. The molecule has 0 saturated heterocycles. The minimum atomic E-state index is 0.339. The Hall–Kier alpha value is -1.54. The van der Waals surface area contributed by atoms with Gasteiger partial charge < -0.3 is 10.4 Å². The molecule has 0 atom stereocenters. The molecule has 2 N–H and O–H groups in total. The molecule has 0 heterocycles. The maximum Gasteiger partial charge on any atom is 0.116 e. The minimum absolute atomic E-state index is 0.339. The fraction of sp³-hybridized carbons (Fsp3) is 0.524. The van der Waals surface area contributed by atoms with E-state index in [9.17, 15) is 5.11 Å². The van der Waals surface area contributed by atoms with Crippen LogP contribution in [0, 0.1) is 5.41 Å². The lowest BCUT2D eigenvalue weighted by atomic mass is 9.56. The van der Waals surface area contributed by atoms with Crippen molar-refractivity contribution in [1.29, 1.82) is 0 Å². The third-order valence-corrected chi connectivity index (χ3v) is 6.71. The second-order valence-electron chi connectivity index (χ2n) is 7.85. The molecule has 23 heavy (non-hydrogen) atoms. The smallest absolute Gasteiger partial charge is 0.116 e. The van der Waals surface area contributed by atoms with Crippen molar-refractivity contribution in [2.75, 3.05) is 0 Å². The van der Waals surface area contributed by atoms with Gasteiger partial charge in [0, 0.05) is 12.1 Å². The lowest BCUT2D eigenvalue weighted by Crippen LogP contribution is -2.54. The highest BCUT2D eigenvalue weighted by Gasteiger charge is 2.47. The molecule has 2 aromatic rings. The number of fused-ring (bicyclic) bond motifs is 4. The molecule has 122 valence electrons. The van der Waals surface area contributed by atoms with Crippen molar-refractivity contribution in [3.8, 4) is 5.75 Å². The summed E-state index contributed by atoms with van der Waals surface area (Å²) in [6, 6.07) is 12.2. The van der Waals surface area contributed by atoms with Crippen LogP contribution in [0.4, 0.5) is 0 Å². The Labute approximate surface area is 138 Å². The number of rotatable bonds is 4. The van der Waals surface area contributed by atoms with Gasteiger partial charge in [0.25, 0.3) is 0 Å². The zero-order valence-electron chi connectivity index (χ0n) is 14.1. The topological polar surface area (TPSA) is 32.3 Å². The van der Waals surface area contributed by atoms with Gasteiger partial charge in [0.15, 0.2) is 0 Å². The van der Waals surface area contributed by atoms with E-state index < -0.39 is 0 Å². The SMILES string of the molecule is CCC12CCC(NCc3ccc4cc(O)ccc4c3)(CC1)CC2. The summed E-state index contributed by atoms with van der Waals surface area (Å²) < 4.78 is 0. The predicted molar refractivity (Wildman–Crippen MR) is 95.6 cm³/mol. The van der Waals surface area contributed by atoms with E-state index in [2.05, 4.69) is 30.4 Å². The fourth-order valence-electron chi connectivity index (χ4n) is 4.74. The molecule has 3 saturated carbocycles. The van der Waals surface area contributed by atoms with Gasteiger partial charge in [-0.2, -0.15) is 0 Å². The Bertz CT molecular complexity index is 696. The van der Waals surface area contributed by atoms with Gasteiger partial charge in [-0.15, -0.1) is 0 Å². The molecule has 2 nitrogen and oxygen atoms in total. The fourth-order valence-corrected chi connectivity index (χ4v) is 4.74. The first-order chi connectivity index (χ1) is 11.1. The minimum Gasteiger partial charge on any atom is -0.508 e. The summed E-state index contributed by atoms with van der Waals surface area (Å²) in [5.41, 5.74) is 2.41. The quantitative estimate of drug-likeness (QED) is 0.819. The molecule has 0 aromatic heterocycles. The van der Waals surface area contributed by atoms with Gasteiger partial charge in [-0.3, -0.25) is 0 Å². The zero-order chi connectivity index (χ0) is 15.9. The molecule has 3 fully saturated rings. The molecule has 3 aliphatic rings. The molecule has 0 amide bonds. The highest BCUT2D eigenvalue weighted by atomic mass is 16.3. The molecular weight excluding hydrogens is 282 g/mol. The largest absolute Gasteiger partial charge is 0.508 e. The van der Waals surface area contributed by atoms with Crippen LogP contribution in [-0.2, 0) is 6.54 Å². The molecule has 5 rings (SSSR count). The Kier molecular flexibility index (Phi) is 3.60. The lowest BCUT2D eigenvalue weighted by molar-refractivity contribution is 0.0196. The van der Waals surface area contributed by atoms with Gasteiger partial charge in [-0.25, -0.2) is 0 Å². The normalized spacial score (nSPS) is 30.0. The van der Waals surface area contributed by atoms with Crippen molar-refractivity contribution in [2.24, 2.45) is 5.41 Å². The van der Waals surface area contributed by atoms with Gasteiger partial charge in [-0.05, 0) is 78.5 Å². The van der Waals surface area contributed by atoms with Gasteiger partial charge in [-0.1, -0.05) is 31.5 Å². The van der Waals surface area contributed by atoms with E-state index in [4.69, 9.17) is 0 Å². The van der Waals surface area contributed by atoms with E-state index in [1.54, 1.807) is 6.07 Å². The number of phenols is 1. The maximum absolute atomic E-state index is 9.57. The number of benzene rings is 2. The van der Waals surface area contributed by atoms with E-state index >= 15 is 0 Å². The third kappa shape index (κ3) is 2.74. The van der Waals surface area contributed by atoms with Gasteiger partial charge >= 0.3 is 0 Å². The van der Waals surface area contributed by atoms with Crippen molar-refractivity contribution in [3.05, 3.63) is 42.0 Å². The Morgan fingerprint density at radius 2 is 1.57 bits per heavy atom. The van der Waals surface area contributed by atoms with Crippen LogP contribution in [0.15, 0.2) is 36.4 Å². The first kappa shape index (κ1) is 15.0.